The number of ether oxygens (including phenoxy) is 2. The SMILES string of the molecule is COC[C@]12C/C(=C\F)CN1C[C@@H](OC(N)=O)C2. The smallest absolute Gasteiger partial charge is 0.404 e. The number of halogens is 1. The van der Waals surface area contributed by atoms with E-state index in [-0.39, 0.29) is 11.6 Å². The van der Waals surface area contributed by atoms with Gasteiger partial charge >= 0.3 is 6.09 Å². The molecule has 2 aliphatic rings. The van der Waals surface area contributed by atoms with Crippen LogP contribution in [0.5, 0.6) is 0 Å². The molecule has 0 spiro atoms. The predicted octanol–water partition coefficient (Wildman–Crippen LogP) is 0.798. The van der Waals surface area contributed by atoms with Gasteiger partial charge in [0.2, 0.25) is 0 Å². The summed E-state index contributed by atoms with van der Waals surface area (Å²) in [7, 11) is 1.62. The maximum absolute atomic E-state index is 12.6. The molecule has 1 amide bonds. The lowest BCUT2D eigenvalue weighted by Gasteiger charge is -2.29. The Morgan fingerprint density at radius 1 is 1.76 bits per heavy atom. The summed E-state index contributed by atoms with van der Waals surface area (Å²) in [6, 6.07) is 0. The van der Waals surface area contributed by atoms with E-state index >= 15 is 0 Å². The standard InChI is InChI=1S/C11H17FN2O3/c1-16-7-11-2-8(4-12)5-14(11)6-9(3-11)17-10(13)15/h4,9H,2-3,5-7H2,1H3,(H2,13,15)/b8-4+/t9-,11+/m0/s1. The lowest BCUT2D eigenvalue weighted by Crippen LogP contribution is -2.42. The lowest BCUT2D eigenvalue weighted by atomic mass is 9.93. The monoisotopic (exact) mass is 244 g/mol. The molecule has 96 valence electrons. The normalized spacial score (nSPS) is 35.2. The number of hydrogen-bond donors (Lipinski definition) is 1. The van der Waals surface area contributed by atoms with E-state index in [0.29, 0.717) is 38.9 Å². The number of primary amides is 1. The van der Waals surface area contributed by atoms with Crippen LogP contribution in [-0.2, 0) is 9.47 Å². The molecule has 0 radical (unpaired) electrons. The molecule has 0 aromatic heterocycles. The summed E-state index contributed by atoms with van der Waals surface area (Å²) < 4.78 is 22.8. The van der Waals surface area contributed by atoms with E-state index < -0.39 is 6.09 Å². The number of hydrogen-bond acceptors (Lipinski definition) is 4. The van der Waals surface area contributed by atoms with Crippen LogP contribution in [0.1, 0.15) is 12.8 Å². The van der Waals surface area contributed by atoms with Gasteiger partial charge in [0.05, 0.1) is 18.5 Å². The molecule has 2 fully saturated rings. The van der Waals surface area contributed by atoms with Crippen LogP contribution >= 0.6 is 0 Å². The Labute approximate surface area is 99.3 Å². The second-order valence-corrected chi connectivity index (χ2v) is 4.75. The molecule has 0 saturated carbocycles. The number of nitrogens with two attached hydrogens (primary N) is 1. The number of fused-ring (bicyclic) bond motifs is 1. The Hall–Kier alpha value is -1.14. The van der Waals surface area contributed by atoms with Gasteiger partial charge < -0.3 is 15.2 Å². The molecule has 2 saturated heterocycles. The fourth-order valence-electron chi connectivity index (χ4n) is 2.98. The van der Waals surface area contributed by atoms with E-state index in [4.69, 9.17) is 15.2 Å². The van der Waals surface area contributed by atoms with E-state index in [1.54, 1.807) is 7.11 Å². The minimum atomic E-state index is -0.759. The van der Waals surface area contributed by atoms with E-state index in [1.165, 1.54) is 0 Å². The third-order valence-electron chi connectivity index (χ3n) is 3.50. The van der Waals surface area contributed by atoms with E-state index in [9.17, 15) is 9.18 Å². The molecule has 2 aliphatic heterocycles. The van der Waals surface area contributed by atoms with Crippen molar-refractivity contribution in [1.29, 1.82) is 0 Å². The van der Waals surface area contributed by atoms with Crippen LogP contribution < -0.4 is 5.73 Å². The predicted molar refractivity (Wildman–Crippen MR) is 59.1 cm³/mol. The summed E-state index contributed by atoms with van der Waals surface area (Å²) in [5, 5.41) is 0. The first-order valence-corrected chi connectivity index (χ1v) is 5.58. The summed E-state index contributed by atoms with van der Waals surface area (Å²) in [4.78, 5) is 12.8. The van der Waals surface area contributed by atoms with E-state index in [0.717, 1.165) is 5.57 Å². The van der Waals surface area contributed by atoms with Crippen molar-refractivity contribution in [2.45, 2.75) is 24.5 Å². The molecular formula is C11H17FN2O3. The number of rotatable bonds is 3. The zero-order chi connectivity index (χ0) is 12.5. The average Bonchev–Trinajstić information content (AvgIpc) is 2.70. The van der Waals surface area contributed by atoms with E-state index in [2.05, 4.69) is 4.90 Å². The zero-order valence-electron chi connectivity index (χ0n) is 9.82. The lowest BCUT2D eigenvalue weighted by molar-refractivity contribution is 0.0642. The molecule has 2 N–H and O–H groups in total. The van der Waals surface area contributed by atoms with Crippen LogP contribution in [0.3, 0.4) is 0 Å². The molecule has 5 nitrogen and oxygen atoms in total. The number of nitrogens with zero attached hydrogens (tertiary/aromatic N) is 1. The number of carbonyl (C=O) groups is 1. The second-order valence-electron chi connectivity index (χ2n) is 4.75. The van der Waals surface area contributed by atoms with Crippen LogP contribution in [0, 0.1) is 0 Å². The van der Waals surface area contributed by atoms with Gasteiger partial charge in [-0.3, -0.25) is 4.90 Å². The first-order valence-electron chi connectivity index (χ1n) is 5.58. The van der Waals surface area contributed by atoms with Gasteiger partial charge in [0.15, 0.2) is 0 Å². The fourth-order valence-corrected chi connectivity index (χ4v) is 2.98. The van der Waals surface area contributed by atoms with Crippen molar-refractivity contribution in [3.63, 3.8) is 0 Å². The van der Waals surface area contributed by atoms with Crippen LogP contribution in [-0.4, -0.2) is 49.4 Å². The molecular weight excluding hydrogens is 227 g/mol. The summed E-state index contributed by atoms with van der Waals surface area (Å²) in [6.45, 7) is 1.66. The second kappa shape index (κ2) is 4.62. The molecule has 2 rings (SSSR count). The Bertz CT molecular complexity index is 348. The quantitative estimate of drug-likeness (QED) is 0.797. The third kappa shape index (κ3) is 2.28. The number of carbonyl (C=O) groups excluding carboxylic acids is 1. The van der Waals surface area contributed by atoms with Crippen molar-refractivity contribution in [3.05, 3.63) is 11.9 Å². The summed E-state index contributed by atoms with van der Waals surface area (Å²) >= 11 is 0. The maximum Gasteiger partial charge on any atom is 0.404 e. The van der Waals surface area contributed by atoms with Crippen molar-refractivity contribution in [3.8, 4) is 0 Å². The molecule has 0 unspecified atom stereocenters. The highest BCUT2D eigenvalue weighted by Gasteiger charge is 2.51. The molecule has 0 aliphatic carbocycles. The zero-order valence-corrected chi connectivity index (χ0v) is 9.82. The molecule has 6 heteroatoms. The van der Waals surface area contributed by atoms with Crippen LogP contribution in [0.2, 0.25) is 0 Å². The highest BCUT2D eigenvalue weighted by atomic mass is 19.1. The van der Waals surface area contributed by atoms with Crippen molar-refractivity contribution in [2.24, 2.45) is 5.73 Å². The number of amides is 1. The van der Waals surface area contributed by atoms with Gasteiger partial charge in [-0.15, -0.1) is 0 Å². The van der Waals surface area contributed by atoms with Gasteiger partial charge in [0.25, 0.3) is 0 Å². The van der Waals surface area contributed by atoms with Crippen molar-refractivity contribution in [2.75, 3.05) is 26.8 Å². The van der Waals surface area contributed by atoms with Crippen LogP contribution in [0.25, 0.3) is 0 Å². The Kier molecular flexibility index (Phi) is 3.35. The fraction of sp³-hybridized carbons (Fsp3) is 0.727. The average molecular weight is 244 g/mol. The molecule has 0 aromatic rings. The first-order chi connectivity index (χ1) is 8.09. The van der Waals surface area contributed by atoms with Gasteiger partial charge in [-0.25, -0.2) is 9.18 Å². The van der Waals surface area contributed by atoms with E-state index in [1.807, 2.05) is 0 Å². The van der Waals surface area contributed by atoms with Crippen LogP contribution in [0.15, 0.2) is 11.9 Å². The Morgan fingerprint density at radius 2 is 2.53 bits per heavy atom. The highest BCUT2D eigenvalue weighted by molar-refractivity contribution is 5.64. The van der Waals surface area contributed by atoms with Gasteiger partial charge in [0.1, 0.15) is 6.10 Å². The summed E-state index contributed by atoms with van der Waals surface area (Å²) in [6.07, 6.45) is 0.949. The largest absolute Gasteiger partial charge is 0.445 e. The molecule has 17 heavy (non-hydrogen) atoms. The molecule has 2 atom stereocenters. The minimum Gasteiger partial charge on any atom is -0.445 e. The first kappa shape index (κ1) is 12.3. The van der Waals surface area contributed by atoms with Gasteiger partial charge in [0, 0.05) is 26.6 Å². The summed E-state index contributed by atoms with van der Waals surface area (Å²) in [5.74, 6) is 0. The summed E-state index contributed by atoms with van der Waals surface area (Å²) in [5.41, 5.74) is 5.53. The third-order valence-corrected chi connectivity index (χ3v) is 3.50. The molecule has 0 bridgehead atoms. The van der Waals surface area contributed by atoms with Crippen molar-refractivity contribution in [1.82, 2.24) is 4.90 Å². The van der Waals surface area contributed by atoms with Gasteiger partial charge in [-0.2, -0.15) is 0 Å². The Morgan fingerprint density at radius 3 is 3.12 bits per heavy atom. The molecule has 2 heterocycles. The molecule has 0 aromatic carbocycles. The van der Waals surface area contributed by atoms with Crippen molar-refractivity contribution >= 4 is 6.09 Å². The van der Waals surface area contributed by atoms with Crippen molar-refractivity contribution < 1.29 is 18.7 Å². The minimum absolute atomic E-state index is 0.219. The Balaban J connectivity index is 2.09. The topological polar surface area (TPSA) is 64.8 Å². The van der Waals surface area contributed by atoms with Gasteiger partial charge in [-0.1, -0.05) is 0 Å². The number of methoxy groups -OCH3 is 1. The maximum atomic E-state index is 12.6. The van der Waals surface area contributed by atoms with Gasteiger partial charge in [-0.05, 0) is 12.0 Å². The van der Waals surface area contributed by atoms with Crippen LogP contribution in [0.4, 0.5) is 9.18 Å². The highest BCUT2D eigenvalue weighted by Crippen LogP contribution is 2.42.